The molecule has 0 aromatic heterocycles. The van der Waals surface area contributed by atoms with Crippen LogP contribution in [0.5, 0.6) is 0 Å². The quantitative estimate of drug-likeness (QED) is 0.435. The van der Waals surface area contributed by atoms with E-state index in [4.69, 9.17) is 9.78 Å². The molecule has 0 radical (unpaired) electrons. The molecule has 0 fully saturated rings. The van der Waals surface area contributed by atoms with E-state index in [1.165, 1.54) is 5.69 Å². The van der Waals surface area contributed by atoms with Crippen LogP contribution in [0, 0.1) is 0 Å². The van der Waals surface area contributed by atoms with Gasteiger partial charge in [0.25, 0.3) is 0 Å². The van der Waals surface area contributed by atoms with E-state index in [-0.39, 0.29) is 5.60 Å². The normalized spacial score (nSPS) is 11.5. The molecule has 0 bridgehead atoms. The maximum atomic E-state index is 5.19. The van der Waals surface area contributed by atoms with Crippen LogP contribution in [0.15, 0.2) is 30.3 Å². The number of rotatable bonds is 5. The van der Waals surface area contributed by atoms with Gasteiger partial charge in [0, 0.05) is 19.3 Å². The van der Waals surface area contributed by atoms with Gasteiger partial charge in [-0.2, -0.15) is 0 Å². The zero-order chi connectivity index (χ0) is 12.0. The van der Waals surface area contributed by atoms with Crippen LogP contribution in [0.1, 0.15) is 20.8 Å². The number of benzene rings is 1. The summed E-state index contributed by atoms with van der Waals surface area (Å²) in [7, 11) is 2.04. The number of hydrogen-bond donors (Lipinski definition) is 0. The molecule has 0 saturated carbocycles. The molecule has 0 unspecified atom stereocenters. The number of likely N-dealkylation sites (N-methyl/N-ethyl adjacent to an activating group) is 1. The third kappa shape index (κ3) is 5.14. The molecule has 3 heteroatoms. The first-order chi connectivity index (χ1) is 7.49. The molecule has 0 aliphatic carbocycles. The maximum Gasteiger partial charge on any atom is 0.0997 e. The smallest absolute Gasteiger partial charge is 0.0997 e. The fraction of sp³-hybridized carbons (Fsp3) is 0.538. The van der Waals surface area contributed by atoms with Crippen LogP contribution in [0.2, 0.25) is 0 Å². The van der Waals surface area contributed by atoms with E-state index in [1.807, 2.05) is 46.0 Å². The van der Waals surface area contributed by atoms with E-state index >= 15 is 0 Å². The molecule has 0 spiro atoms. The highest BCUT2D eigenvalue weighted by molar-refractivity contribution is 5.44. The highest BCUT2D eigenvalue weighted by Crippen LogP contribution is 2.11. The monoisotopic (exact) mass is 223 g/mol. The lowest BCUT2D eigenvalue weighted by molar-refractivity contribution is -0.346. The van der Waals surface area contributed by atoms with E-state index in [1.54, 1.807) is 0 Å². The molecule has 0 aliphatic heterocycles. The molecule has 16 heavy (non-hydrogen) atoms. The highest BCUT2D eigenvalue weighted by atomic mass is 17.2. The van der Waals surface area contributed by atoms with Gasteiger partial charge in [-0.1, -0.05) is 18.2 Å². The van der Waals surface area contributed by atoms with Gasteiger partial charge in [-0.15, -0.1) is 0 Å². The molecule has 0 amide bonds. The topological polar surface area (TPSA) is 21.7 Å². The zero-order valence-electron chi connectivity index (χ0n) is 10.6. The molecule has 1 rings (SSSR count). The Kier molecular flexibility index (Phi) is 4.77. The number of hydrogen-bond acceptors (Lipinski definition) is 3. The second-order valence-corrected chi connectivity index (χ2v) is 4.77. The predicted molar refractivity (Wildman–Crippen MR) is 66.5 cm³/mol. The molecule has 1 aromatic rings. The summed E-state index contributed by atoms with van der Waals surface area (Å²) in [6, 6.07) is 10.2. The van der Waals surface area contributed by atoms with Gasteiger partial charge < -0.3 is 4.90 Å². The summed E-state index contributed by atoms with van der Waals surface area (Å²) in [5, 5.41) is 0. The van der Waals surface area contributed by atoms with E-state index in [9.17, 15) is 0 Å². The summed E-state index contributed by atoms with van der Waals surface area (Å²) >= 11 is 0. The van der Waals surface area contributed by atoms with Crippen molar-refractivity contribution in [1.82, 2.24) is 0 Å². The Morgan fingerprint density at radius 3 is 2.31 bits per heavy atom. The van der Waals surface area contributed by atoms with Crippen molar-refractivity contribution < 1.29 is 9.78 Å². The average molecular weight is 223 g/mol. The summed E-state index contributed by atoms with van der Waals surface area (Å²) in [6.45, 7) is 7.26. The minimum Gasteiger partial charge on any atom is -0.372 e. The third-order valence-electron chi connectivity index (χ3n) is 2.02. The van der Waals surface area contributed by atoms with Crippen LogP contribution in [-0.2, 0) is 9.78 Å². The summed E-state index contributed by atoms with van der Waals surface area (Å²) in [6.07, 6.45) is 0. The highest BCUT2D eigenvalue weighted by Gasteiger charge is 2.11. The van der Waals surface area contributed by atoms with Crippen LogP contribution >= 0.6 is 0 Å². The van der Waals surface area contributed by atoms with Gasteiger partial charge in [0.15, 0.2) is 0 Å². The lowest BCUT2D eigenvalue weighted by Gasteiger charge is -2.21. The summed E-state index contributed by atoms with van der Waals surface area (Å²) < 4.78 is 0. The van der Waals surface area contributed by atoms with Crippen molar-refractivity contribution in [3.8, 4) is 0 Å². The third-order valence-corrected chi connectivity index (χ3v) is 2.02. The van der Waals surface area contributed by atoms with Crippen molar-refractivity contribution in [2.75, 3.05) is 25.1 Å². The molecule has 0 heterocycles. The predicted octanol–water partition coefficient (Wildman–Crippen LogP) is 2.87. The van der Waals surface area contributed by atoms with Crippen LogP contribution < -0.4 is 4.90 Å². The van der Waals surface area contributed by atoms with Gasteiger partial charge in [0.1, 0.15) is 0 Å². The lowest BCUT2D eigenvalue weighted by Crippen LogP contribution is -2.25. The lowest BCUT2D eigenvalue weighted by atomic mass is 10.2. The fourth-order valence-corrected chi connectivity index (χ4v) is 1.20. The van der Waals surface area contributed by atoms with Gasteiger partial charge in [-0.25, -0.2) is 9.78 Å². The number of para-hydroxylation sites is 1. The van der Waals surface area contributed by atoms with Gasteiger partial charge in [-0.05, 0) is 32.9 Å². The van der Waals surface area contributed by atoms with E-state index in [2.05, 4.69) is 17.0 Å². The standard InChI is InChI=1S/C13H21NO2/c1-13(2,3)16-15-11-10-14(4)12-8-6-5-7-9-12/h5-9H,10-11H2,1-4H3. The Hall–Kier alpha value is -1.06. The van der Waals surface area contributed by atoms with E-state index in [0.717, 1.165) is 6.54 Å². The Morgan fingerprint density at radius 2 is 1.75 bits per heavy atom. The molecule has 0 N–H and O–H groups in total. The van der Waals surface area contributed by atoms with Gasteiger partial charge in [0.05, 0.1) is 12.2 Å². The SMILES string of the molecule is CN(CCOOC(C)(C)C)c1ccccc1. The van der Waals surface area contributed by atoms with Gasteiger partial charge in [0.2, 0.25) is 0 Å². The first-order valence-corrected chi connectivity index (χ1v) is 5.56. The fourth-order valence-electron chi connectivity index (χ4n) is 1.20. The second kappa shape index (κ2) is 5.87. The Bertz CT molecular complexity index is 293. The van der Waals surface area contributed by atoms with Crippen molar-refractivity contribution >= 4 is 5.69 Å². The van der Waals surface area contributed by atoms with Crippen molar-refractivity contribution in [2.24, 2.45) is 0 Å². The molecule has 3 nitrogen and oxygen atoms in total. The summed E-state index contributed by atoms with van der Waals surface area (Å²) in [4.78, 5) is 12.5. The maximum absolute atomic E-state index is 5.19. The average Bonchev–Trinajstić information content (AvgIpc) is 2.24. The van der Waals surface area contributed by atoms with Crippen LogP contribution in [0.25, 0.3) is 0 Å². The minimum absolute atomic E-state index is 0.245. The zero-order valence-corrected chi connectivity index (χ0v) is 10.6. The molecule has 0 saturated heterocycles. The second-order valence-electron chi connectivity index (χ2n) is 4.77. The summed E-state index contributed by atoms with van der Waals surface area (Å²) in [5.41, 5.74) is 0.938. The van der Waals surface area contributed by atoms with Crippen molar-refractivity contribution in [3.63, 3.8) is 0 Å². The number of anilines is 1. The van der Waals surface area contributed by atoms with Crippen LogP contribution in [-0.4, -0.2) is 25.8 Å². The molecule has 0 atom stereocenters. The van der Waals surface area contributed by atoms with Gasteiger partial charge >= 0.3 is 0 Å². The molecule has 1 aromatic carbocycles. The Labute approximate surface area is 97.9 Å². The molecule has 90 valence electrons. The number of nitrogens with zero attached hydrogens (tertiary/aromatic N) is 1. The van der Waals surface area contributed by atoms with Crippen molar-refractivity contribution in [1.29, 1.82) is 0 Å². The van der Waals surface area contributed by atoms with Crippen LogP contribution in [0.4, 0.5) is 5.69 Å². The van der Waals surface area contributed by atoms with Crippen molar-refractivity contribution in [2.45, 2.75) is 26.4 Å². The Balaban J connectivity index is 2.24. The molecule has 0 aliphatic rings. The van der Waals surface area contributed by atoms with E-state index < -0.39 is 0 Å². The molecular formula is C13H21NO2. The summed E-state index contributed by atoms with van der Waals surface area (Å²) in [5.74, 6) is 0. The Morgan fingerprint density at radius 1 is 1.12 bits per heavy atom. The molecular weight excluding hydrogens is 202 g/mol. The largest absolute Gasteiger partial charge is 0.372 e. The first-order valence-electron chi connectivity index (χ1n) is 5.56. The van der Waals surface area contributed by atoms with Gasteiger partial charge in [-0.3, -0.25) is 0 Å². The first kappa shape index (κ1) is 13.0. The minimum atomic E-state index is -0.245. The van der Waals surface area contributed by atoms with Crippen molar-refractivity contribution in [3.05, 3.63) is 30.3 Å². The van der Waals surface area contributed by atoms with E-state index in [0.29, 0.717) is 6.61 Å². The van der Waals surface area contributed by atoms with Crippen LogP contribution in [0.3, 0.4) is 0 Å².